The molecule has 0 unspecified atom stereocenters. The number of hydrogen-bond donors (Lipinski definition) is 2. The van der Waals surface area contributed by atoms with Crippen molar-refractivity contribution in [3.63, 3.8) is 0 Å². The van der Waals surface area contributed by atoms with Crippen LogP contribution in [0.5, 0.6) is 0 Å². The molecule has 0 radical (unpaired) electrons. The van der Waals surface area contributed by atoms with Crippen molar-refractivity contribution < 1.29 is 0 Å². The highest BCUT2D eigenvalue weighted by Crippen LogP contribution is 2.11. The van der Waals surface area contributed by atoms with E-state index in [9.17, 15) is 0 Å². The maximum absolute atomic E-state index is 5.50. The van der Waals surface area contributed by atoms with Crippen LogP contribution in [0.1, 0.15) is 64.2 Å². The van der Waals surface area contributed by atoms with Crippen molar-refractivity contribution in [1.82, 2.24) is 9.80 Å². The van der Waals surface area contributed by atoms with Gasteiger partial charge in [0, 0.05) is 25.5 Å². The minimum atomic E-state index is 0.843. The van der Waals surface area contributed by atoms with Gasteiger partial charge in [-0.05, 0) is 38.8 Å². The van der Waals surface area contributed by atoms with Gasteiger partial charge in [0.1, 0.15) is 0 Å². The summed E-state index contributed by atoms with van der Waals surface area (Å²) in [6, 6.07) is 0. The molecule has 4 N–H and O–H groups in total. The Morgan fingerprint density at radius 1 is 0.571 bits per heavy atom. The zero-order chi connectivity index (χ0) is 15.2. The van der Waals surface area contributed by atoms with Gasteiger partial charge in [0.25, 0.3) is 0 Å². The normalized spacial score (nSPS) is 14.4. The van der Waals surface area contributed by atoms with Crippen LogP contribution in [0.15, 0.2) is 12.4 Å². The minimum Gasteiger partial charge on any atom is -0.359 e. The first kappa shape index (κ1) is 18.3. The van der Waals surface area contributed by atoms with Gasteiger partial charge < -0.3 is 21.3 Å². The molecule has 0 aromatic carbocycles. The summed E-state index contributed by atoms with van der Waals surface area (Å²) in [5.74, 6) is 0. The molecule has 1 aliphatic heterocycles. The zero-order valence-electron chi connectivity index (χ0n) is 13.8. The fourth-order valence-electron chi connectivity index (χ4n) is 2.79. The lowest BCUT2D eigenvalue weighted by molar-refractivity contribution is 0.257. The van der Waals surface area contributed by atoms with E-state index in [4.69, 9.17) is 11.5 Å². The van der Waals surface area contributed by atoms with E-state index in [1.165, 1.54) is 77.3 Å². The van der Waals surface area contributed by atoms with Crippen LogP contribution in [-0.4, -0.2) is 42.6 Å². The maximum atomic E-state index is 5.50. The zero-order valence-corrected chi connectivity index (χ0v) is 13.8. The summed E-state index contributed by atoms with van der Waals surface area (Å²) >= 11 is 0. The SMILES string of the molecule is NCCCCCCCN1C=CN(CCCCCCCN)C1. The third kappa shape index (κ3) is 9.75. The van der Waals surface area contributed by atoms with Crippen molar-refractivity contribution >= 4 is 0 Å². The van der Waals surface area contributed by atoms with E-state index < -0.39 is 0 Å². The summed E-state index contributed by atoms with van der Waals surface area (Å²) < 4.78 is 0. The maximum Gasteiger partial charge on any atom is 0.0893 e. The van der Waals surface area contributed by atoms with Gasteiger partial charge in [0.2, 0.25) is 0 Å². The van der Waals surface area contributed by atoms with E-state index in [0.29, 0.717) is 0 Å². The Kier molecular flexibility index (Phi) is 11.3. The molecule has 0 atom stereocenters. The molecule has 1 rings (SSSR count). The highest BCUT2D eigenvalue weighted by molar-refractivity contribution is 4.90. The van der Waals surface area contributed by atoms with Gasteiger partial charge in [0.15, 0.2) is 0 Å². The molecule has 0 aliphatic carbocycles. The van der Waals surface area contributed by atoms with E-state index >= 15 is 0 Å². The summed E-state index contributed by atoms with van der Waals surface area (Å²) in [4.78, 5) is 4.88. The first-order valence-corrected chi connectivity index (χ1v) is 8.93. The Hall–Kier alpha value is -0.740. The lowest BCUT2D eigenvalue weighted by atomic mass is 10.1. The van der Waals surface area contributed by atoms with Crippen LogP contribution in [-0.2, 0) is 0 Å². The van der Waals surface area contributed by atoms with Crippen LogP contribution in [0, 0.1) is 0 Å². The van der Waals surface area contributed by atoms with Crippen LogP contribution in [0.2, 0.25) is 0 Å². The number of nitrogens with zero attached hydrogens (tertiary/aromatic N) is 2. The summed E-state index contributed by atoms with van der Waals surface area (Å²) in [5.41, 5.74) is 11.0. The monoisotopic (exact) mass is 296 g/mol. The Morgan fingerprint density at radius 2 is 0.952 bits per heavy atom. The average Bonchev–Trinajstić information content (AvgIpc) is 2.94. The Morgan fingerprint density at radius 3 is 1.38 bits per heavy atom. The van der Waals surface area contributed by atoms with Crippen LogP contribution >= 0.6 is 0 Å². The molecule has 4 heteroatoms. The van der Waals surface area contributed by atoms with E-state index in [0.717, 1.165) is 19.8 Å². The second-order valence-corrected chi connectivity index (χ2v) is 6.18. The second-order valence-electron chi connectivity index (χ2n) is 6.18. The van der Waals surface area contributed by atoms with Gasteiger partial charge in [-0.3, -0.25) is 0 Å². The van der Waals surface area contributed by atoms with E-state index in [1.807, 2.05) is 0 Å². The summed E-state index contributed by atoms with van der Waals surface area (Å²) in [7, 11) is 0. The van der Waals surface area contributed by atoms with Crippen molar-refractivity contribution in [3.05, 3.63) is 12.4 Å². The molecule has 0 aromatic rings. The van der Waals surface area contributed by atoms with Gasteiger partial charge in [-0.1, -0.05) is 38.5 Å². The highest BCUT2D eigenvalue weighted by atomic mass is 15.3. The first-order chi connectivity index (χ1) is 10.4. The second kappa shape index (κ2) is 13.0. The molecule has 1 heterocycles. The molecule has 0 aromatic heterocycles. The fourth-order valence-corrected chi connectivity index (χ4v) is 2.79. The van der Waals surface area contributed by atoms with Crippen LogP contribution in [0.25, 0.3) is 0 Å². The van der Waals surface area contributed by atoms with E-state index in [1.54, 1.807) is 0 Å². The third-order valence-electron chi connectivity index (χ3n) is 4.15. The Labute approximate surface area is 131 Å². The van der Waals surface area contributed by atoms with Gasteiger partial charge in [0.05, 0.1) is 6.67 Å². The third-order valence-corrected chi connectivity index (χ3v) is 4.15. The van der Waals surface area contributed by atoms with Crippen molar-refractivity contribution in [2.75, 3.05) is 32.8 Å². The molecule has 0 saturated heterocycles. The molecular formula is C17H36N4. The van der Waals surface area contributed by atoms with Crippen molar-refractivity contribution in [2.24, 2.45) is 11.5 Å². The van der Waals surface area contributed by atoms with Gasteiger partial charge >= 0.3 is 0 Å². The lowest BCUT2D eigenvalue weighted by Gasteiger charge is -2.21. The average molecular weight is 297 g/mol. The number of hydrogen-bond acceptors (Lipinski definition) is 4. The molecule has 4 nitrogen and oxygen atoms in total. The topological polar surface area (TPSA) is 58.5 Å². The van der Waals surface area contributed by atoms with Gasteiger partial charge in [-0.25, -0.2) is 0 Å². The van der Waals surface area contributed by atoms with Crippen molar-refractivity contribution in [3.8, 4) is 0 Å². The molecule has 0 amide bonds. The van der Waals surface area contributed by atoms with Crippen LogP contribution in [0.4, 0.5) is 0 Å². The van der Waals surface area contributed by atoms with Crippen LogP contribution < -0.4 is 11.5 Å². The molecule has 0 bridgehead atoms. The molecule has 21 heavy (non-hydrogen) atoms. The highest BCUT2D eigenvalue weighted by Gasteiger charge is 2.10. The minimum absolute atomic E-state index is 0.843. The Balaban J connectivity index is 1.89. The molecule has 124 valence electrons. The molecule has 1 aliphatic rings. The number of rotatable bonds is 14. The quantitative estimate of drug-likeness (QED) is 0.484. The lowest BCUT2D eigenvalue weighted by Crippen LogP contribution is -2.26. The smallest absolute Gasteiger partial charge is 0.0893 e. The molecule has 0 saturated carbocycles. The number of nitrogens with two attached hydrogens (primary N) is 2. The van der Waals surface area contributed by atoms with Crippen molar-refractivity contribution in [1.29, 1.82) is 0 Å². The van der Waals surface area contributed by atoms with Gasteiger partial charge in [-0.2, -0.15) is 0 Å². The summed E-state index contributed by atoms with van der Waals surface area (Å²) in [6.45, 7) is 5.18. The molecular weight excluding hydrogens is 260 g/mol. The van der Waals surface area contributed by atoms with Crippen LogP contribution in [0.3, 0.4) is 0 Å². The summed E-state index contributed by atoms with van der Waals surface area (Å²) in [6.07, 6.45) is 17.4. The summed E-state index contributed by atoms with van der Waals surface area (Å²) in [5, 5.41) is 0. The van der Waals surface area contributed by atoms with E-state index in [-0.39, 0.29) is 0 Å². The first-order valence-electron chi connectivity index (χ1n) is 8.93. The predicted molar refractivity (Wildman–Crippen MR) is 91.7 cm³/mol. The molecule has 0 fully saturated rings. The predicted octanol–water partition coefficient (Wildman–Crippen LogP) is 2.85. The van der Waals surface area contributed by atoms with Crippen molar-refractivity contribution in [2.45, 2.75) is 64.2 Å². The Bertz CT molecular complexity index is 231. The van der Waals surface area contributed by atoms with E-state index in [2.05, 4.69) is 22.2 Å². The number of unbranched alkanes of at least 4 members (excludes halogenated alkanes) is 8. The van der Waals surface area contributed by atoms with Gasteiger partial charge in [-0.15, -0.1) is 0 Å². The largest absolute Gasteiger partial charge is 0.359 e. The standard InChI is InChI=1S/C17H36N4/c18-11-7-3-1-5-9-13-20-15-16-21(17-20)14-10-6-2-4-8-12-19/h15-16H,1-14,17-19H2. The fraction of sp³-hybridized carbons (Fsp3) is 0.882. The molecule has 0 spiro atoms.